The van der Waals surface area contributed by atoms with Crippen LogP contribution in [0.4, 0.5) is 13.2 Å². The Hall–Kier alpha value is -2.84. The zero-order chi connectivity index (χ0) is 20.4. The highest BCUT2D eigenvalue weighted by Gasteiger charge is 2.42. The lowest BCUT2D eigenvalue weighted by molar-refractivity contribution is -0.146. The number of rotatable bonds is 5. The monoisotopic (exact) mass is 383 g/mol. The smallest absolute Gasteiger partial charge is 0.433 e. The predicted octanol–water partition coefficient (Wildman–Crippen LogP) is 3.08. The van der Waals surface area contributed by atoms with E-state index in [1.807, 2.05) is 0 Å². The minimum Gasteiger partial charge on any atom is -0.480 e. The molecule has 1 amide bonds. The van der Waals surface area contributed by atoms with E-state index in [1.165, 1.54) is 20.8 Å². The molecule has 0 aliphatic rings. The normalized spacial score (nSPS) is 13.3. The number of hydrogen-bond donors (Lipinski definition) is 2. The summed E-state index contributed by atoms with van der Waals surface area (Å²) in [5, 5.41) is 15.2. The van der Waals surface area contributed by atoms with Crippen molar-refractivity contribution in [3.8, 4) is 0 Å². The van der Waals surface area contributed by atoms with Gasteiger partial charge in [0, 0.05) is 6.42 Å². The molecule has 146 valence electrons. The van der Waals surface area contributed by atoms with Crippen LogP contribution in [0.3, 0.4) is 0 Å². The number of carbonyl (C=O) groups is 2. The fourth-order valence-corrected chi connectivity index (χ4v) is 2.58. The molecule has 1 aromatic carbocycles. The van der Waals surface area contributed by atoms with Gasteiger partial charge in [-0.1, -0.05) is 30.3 Å². The van der Waals surface area contributed by atoms with Crippen molar-refractivity contribution in [3.05, 3.63) is 53.3 Å². The zero-order valence-corrected chi connectivity index (χ0v) is 15.0. The SMILES string of the molecule is CC(C)(C)n1ncc(C(=O)NC(Cc2ccccc2)C(=O)O)c1C(F)(F)F. The zero-order valence-electron chi connectivity index (χ0n) is 15.0. The molecule has 1 aromatic heterocycles. The van der Waals surface area contributed by atoms with Gasteiger partial charge in [0.1, 0.15) is 6.04 Å². The highest BCUT2D eigenvalue weighted by Crippen LogP contribution is 2.34. The fourth-order valence-electron chi connectivity index (χ4n) is 2.58. The van der Waals surface area contributed by atoms with Crippen LogP contribution in [-0.4, -0.2) is 32.8 Å². The summed E-state index contributed by atoms with van der Waals surface area (Å²) in [5.74, 6) is -2.48. The Bertz CT molecular complexity index is 824. The number of carbonyl (C=O) groups excluding carboxylic acids is 1. The van der Waals surface area contributed by atoms with Gasteiger partial charge in [0.2, 0.25) is 0 Å². The van der Waals surface area contributed by atoms with Crippen LogP contribution in [0.25, 0.3) is 0 Å². The summed E-state index contributed by atoms with van der Waals surface area (Å²) in [4.78, 5) is 23.9. The maximum Gasteiger partial charge on any atom is 0.433 e. The molecule has 1 atom stereocenters. The largest absolute Gasteiger partial charge is 0.480 e. The number of carboxylic acid groups (broad SMARTS) is 1. The Morgan fingerprint density at radius 3 is 2.26 bits per heavy atom. The Morgan fingerprint density at radius 1 is 1.19 bits per heavy atom. The Labute approximate surface area is 154 Å². The quantitative estimate of drug-likeness (QED) is 0.831. The molecule has 0 saturated carbocycles. The maximum absolute atomic E-state index is 13.5. The minimum atomic E-state index is -4.82. The summed E-state index contributed by atoms with van der Waals surface area (Å²) in [5.41, 5.74) is -2.31. The maximum atomic E-state index is 13.5. The molecule has 0 saturated heterocycles. The molecule has 0 bridgehead atoms. The van der Waals surface area contributed by atoms with Crippen LogP contribution in [0.2, 0.25) is 0 Å². The molecule has 6 nitrogen and oxygen atoms in total. The van der Waals surface area contributed by atoms with Crippen LogP contribution in [-0.2, 0) is 22.9 Å². The lowest BCUT2D eigenvalue weighted by Crippen LogP contribution is -2.43. The number of hydrogen-bond acceptors (Lipinski definition) is 3. The van der Waals surface area contributed by atoms with E-state index >= 15 is 0 Å². The number of nitrogens with zero attached hydrogens (tertiary/aromatic N) is 2. The van der Waals surface area contributed by atoms with E-state index in [4.69, 9.17) is 0 Å². The first-order valence-corrected chi connectivity index (χ1v) is 8.14. The highest BCUT2D eigenvalue weighted by atomic mass is 19.4. The first kappa shape index (κ1) is 20.5. The van der Waals surface area contributed by atoms with Crippen LogP contribution < -0.4 is 5.32 Å². The van der Waals surface area contributed by atoms with Crippen molar-refractivity contribution in [3.63, 3.8) is 0 Å². The van der Waals surface area contributed by atoms with Gasteiger partial charge >= 0.3 is 12.1 Å². The second kappa shape index (κ2) is 7.42. The van der Waals surface area contributed by atoms with Gasteiger partial charge in [-0.05, 0) is 26.3 Å². The van der Waals surface area contributed by atoms with E-state index in [0.717, 1.165) is 10.9 Å². The van der Waals surface area contributed by atoms with Crippen molar-refractivity contribution in [1.29, 1.82) is 0 Å². The van der Waals surface area contributed by atoms with Crippen LogP contribution in [0.5, 0.6) is 0 Å². The predicted molar refractivity (Wildman–Crippen MR) is 91.3 cm³/mol. The standard InChI is InChI=1S/C18H20F3N3O3/c1-17(2,3)24-14(18(19,20)21)12(10-22-24)15(25)23-13(16(26)27)9-11-7-5-4-6-8-11/h4-8,10,13H,9H2,1-3H3,(H,23,25)(H,26,27). The molecule has 9 heteroatoms. The highest BCUT2D eigenvalue weighted by molar-refractivity contribution is 5.97. The fraction of sp³-hybridized carbons (Fsp3) is 0.389. The summed E-state index contributed by atoms with van der Waals surface area (Å²) in [6, 6.07) is 7.10. The van der Waals surface area contributed by atoms with Gasteiger partial charge in [-0.2, -0.15) is 18.3 Å². The van der Waals surface area contributed by atoms with Crippen molar-refractivity contribution in [1.82, 2.24) is 15.1 Å². The van der Waals surface area contributed by atoms with Gasteiger partial charge in [-0.15, -0.1) is 0 Å². The Morgan fingerprint density at radius 2 is 1.78 bits per heavy atom. The van der Waals surface area contributed by atoms with Crippen molar-refractivity contribution in [2.24, 2.45) is 0 Å². The van der Waals surface area contributed by atoms with Gasteiger partial charge < -0.3 is 10.4 Å². The van der Waals surface area contributed by atoms with E-state index < -0.39 is 40.9 Å². The van der Waals surface area contributed by atoms with Gasteiger partial charge in [0.15, 0.2) is 5.69 Å². The molecular weight excluding hydrogens is 363 g/mol. The molecule has 2 rings (SSSR count). The number of amides is 1. The number of alkyl halides is 3. The molecule has 2 N–H and O–H groups in total. The van der Waals surface area contributed by atoms with E-state index in [1.54, 1.807) is 30.3 Å². The molecule has 2 aromatic rings. The molecule has 0 aliphatic carbocycles. The molecule has 0 radical (unpaired) electrons. The van der Waals surface area contributed by atoms with Crippen LogP contribution in [0.1, 0.15) is 42.4 Å². The van der Waals surface area contributed by atoms with Crippen molar-refractivity contribution < 1.29 is 27.9 Å². The molecule has 0 aliphatic heterocycles. The van der Waals surface area contributed by atoms with E-state index in [-0.39, 0.29) is 6.42 Å². The first-order chi connectivity index (χ1) is 12.4. The van der Waals surface area contributed by atoms with Gasteiger partial charge in [0.25, 0.3) is 5.91 Å². The number of carboxylic acids is 1. The second-order valence-corrected chi connectivity index (χ2v) is 7.04. The number of halogens is 3. The third-order valence-electron chi connectivity index (χ3n) is 3.80. The average molecular weight is 383 g/mol. The van der Waals surface area contributed by atoms with Gasteiger partial charge in [-0.25, -0.2) is 4.79 Å². The van der Waals surface area contributed by atoms with Gasteiger partial charge in [-0.3, -0.25) is 9.48 Å². The summed E-state index contributed by atoms with van der Waals surface area (Å²) >= 11 is 0. The van der Waals surface area contributed by atoms with Crippen molar-refractivity contribution in [2.75, 3.05) is 0 Å². The minimum absolute atomic E-state index is 0.0589. The third-order valence-corrected chi connectivity index (χ3v) is 3.80. The van der Waals surface area contributed by atoms with Crippen molar-refractivity contribution >= 4 is 11.9 Å². The number of aliphatic carboxylic acids is 1. The lowest BCUT2D eigenvalue weighted by atomic mass is 10.1. The molecule has 27 heavy (non-hydrogen) atoms. The number of aromatic nitrogens is 2. The Kier molecular flexibility index (Phi) is 5.62. The molecule has 0 fully saturated rings. The van der Waals surface area contributed by atoms with Crippen molar-refractivity contribution in [2.45, 2.75) is 44.9 Å². The van der Waals surface area contributed by atoms with E-state index in [9.17, 15) is 27.9 Å². The number of nitrogens with one attached hydrogen (secondary N) is 1. The summed E-state index contributed by atoms with van der Waals surface area (Å²) < 4.78 is 41.3. The van der Waals surface area contributed by atoms with Crippen LogP contribution in [0, 0.1) is 0 Å². The lowest BCUT2D eigenvalue weighted by Gasteiger charge is -2.24. The molecular formula is C18H20F3N3O3. The van der Waals surface area contributed by atoms with E-state index in [0.29, 0.717) is 5.56 Å². The average Bonchev–Trinajstić information content (AvgIpc) is 3.00. The van der Waals surface area contributed by atoms with Crippen LogP contribution in [0.15, 0.2) is 36.5 Å². The topological polar surface area (TPSA) is 84.2 Å². The molecule has 1 unspecified atom stereocenters. The van der Waals surface area contributed by atoms with Gasteiger partial charge in [0.05, 0.1) is 17.3 Å². The van der Waals surface area contributed by atoms with E-state index in [2.05, 4.69) is 10.4 Å². The van der Waals surface area contributed by atoms with Crippen LogP contribution >= 0.6 is 0 Å². The second-order valence-electron chi connectivity index (χ2n) is 7.04. The molecule has 0 spiro atoms. The molecule has 1 heterocycles. The Balaban J connectivity index is 2.33. The first-order valence-electron chi connectivity index (χ1n) is 8.14. The summed E-state index contributed by atoms with van der Waals surface area (Å²) in [6.07, 6.45) is -4.07. The summed E-state index contributed by atoms with van der Waals surface area (Å²) in [6.45, 7) is 4.56. The third kappa shape index (κ3) is 4.87. The summed E-state index contributed by atoms with van der Waals surface area (Å²) in [7, 11) is 0. The number of benzene rings is 1.